The van der Waals surface area contributed by atoms with Gasteiger partial charge in [-0.25, -0.2) is 0 Å². The van der Waals surface area contributed by atoms with E-state index in [0.717, 1.165) is 66.9 Å². The monoisotopic (exact) mass is 447 g/mol. The first-order valence-corrected chi connectivity index (χ1v) is 11.7. The van der Waals surface area contributed by atoms with E-state index in [1.54, 1.807) is 0 Å². The van der Waals surface area contributed by atoms with Gasteiger partial charge in [0, 0.05) is 50.1 Å². The first-order valence-electron chi connectivity index (χ1n) is 11.7. The Bertz CT molecular complexity index is 1250. The van der Waals surface area contributed by atoms with E-state index in [4.69, 9.17) is 18.7 Å². The van der Waals surface area contributed by atoms with Gasteiger partial charge in [-0.1, -0.05) is 29.4 Å². The molecule has 4 heterocycles. The van der Waals surface area contributed by atoms with Gasteiger partial charge in [-0.15, -0.1) is 0 Å². The second-order valence-corrected chi connectivity index (χ2v) is 9.09. The molecule has 1 aromatic heterocycles. The molecule has 3 saturated heterocycles. The number of ether oxygens (including phenoxy) is 3. The van der Waals surface area contributed by atoms with Crippen molar-refractivity contribution < 1.29 is 23.5 Å². The predicted octanol–water partition coefficient (Wildman–Crippen LogP) is 3.22. The van der Waals surface area contributed by atoms with Crippen molar-refractivity contribution in [2.24, 2.45) is 0 Å². The van der Waals surface area contributed by atoms with Crippen LogP contribution >= 0.6 is 0 Å². The minimum absolute atomic E-state index is 0.0321. The zero-order valence-electron chi connectivity index (χ0n) is 18.3. The lowest BCUT2D eigenvalue weighted by atomic mass is 9.86. The number of anilines is 2. The molecule has 33 heavy (non-hydrogen) atoms. The number of morpholine rings is 1. The van der Waals surface area contributed by atoms with Crippen LogP contribution < -0.4 is 9.80 Å². The molecule has 7 rings (SSSR count). The van der Waals surface area contributed by atoms with Crippen LogP contribution in [0.5, 0.6) is 0 Å². The van der Waals surface area contributed by atoms with Gasteiger partial charge < -0.3 is 28.5 Å². The molecule has 3 aromatic rings. The highest BCUT2D eigenvalue weighted by atomic mass is 16.7. The number of rotatable bonds is 2. The Balaban J connectivity index is 1.40. The van der Waals surface area contributed by atoms with Crippen molar-refractivity contribution in [3.63, 3.8) is 0 Å². The quantitative estimate of drug-likeness (QED) is 0.464. The van der Waals surface area contributed by atoms with Gasteiger partial charge in [0.1, 0.15) is 5.52 Å². The summed E-state index contributed by atoms with van der Waals surface area (Å²) in [5.41, 5.74) is 4.88. The normalized spacial score (nSPS) is 21.8. The number of nitrogens with zero attached hydrogens (tertiary/aromatic N) is 3. The van der Waals surface area contributed by atoms with Crippen LogP contribution in [0.3, 0.4) is 0 Å². The fourth-order valence-corrected chi connectivity index (χ4v) is 5.69. The Morgan fingerprint density at radius 3 is 2.30 bits per heavy atom. The Morgan fingerprint density at radius 1 is 0.848 bits per heavy atom. The molecule has 0 saturated carbocycles. The summed E-state index contributed by atoms with van der Waals surface area (Å²) < 4.78 is 23.4. The van der Waals surface area contributed by atoms with Gasteiger partial charge in [-0.2, -0.15) is 0 Å². The minimum atomic E-state index is -0.447. The third-order valence-corrected chi connectivity index (χ3v) is 7.39. The summed E-state index contributed by atoms with van der Waals surface area (Å²) in [4.78, 5) is 18.3. The third-order valence-electron chi connectivity index (χ3n) is 7.39. The lowest BCUT2D eigenvalue weighted by molar-refractivity contribution is -0.169. The average molecular weight is 447 g/mol. The zero-order chi connectivity index (χ0) is 22.0. The molecule has 0 radical (unpaired) electrons. The van der Waals surface area contributed by atoms with Crippen LogP contribution in [0.2, 0.25) is 0 Å². The molecule has 4 aliphatic rings. The van der Waals surface area contributed by atoms with Crippen molar-refractivity contribution in [1.29, 1.82) is 0 Å². The number of hydrogen-bond acceptors (Lipinski definition) is 8. The van der Waals surface area contributed by atoms with Crippen molar-refractivity contribution in [3.8, 4) is 11.3 Å². The number of carbonyl (C=O) groups excluding carboxylic acids is 1. The summed E-state index contributed by atoms with van der Waals surface area (Å²) in [7, 11) is 0. The molecule has 0 N–H and O–H groups in total. The molecule has 0 bridgehead atoms. The molecular formula is C25H25N3O5. The summed E-state index contributed by atoms with van der Waals surface area (Å²) >= 11 is 0. The Hall–Kier alpha value is -2.94. The van der Waals surface area contributed by atoms with E-state index >= 15 is 0 Å². The van der Waals surface area contributed by atoms with E-state index in [1.165, 1.54) is 0 Å². The van der Waals surface area contributed by atoms with E-state index < -0.39 is 5.79 Å². The van der Waals surface area contributed by atoms with Gasteiger partial charge in [-0.05, 0) is 6.07 Å². The Kier molecular flexibility index (Phi) is 4.31. The number of benzene rings is 2. The second-order valence-electron chi connectivity index (χ2n) is 9.09. The summed E-state index contributed by atoms with van der Waals surface area (Å²) in [5, 5.41) is 5.32. The number of fused-ring (bicyclic) bond motifs is 2. The van der Waals surface area contributed by atoms with Crippen LogP contribution in [0.4, 0.5) is 11.4 Å². The summed E-state index contributed by atoms with van der Waals surface area (Å²) in [5.74, 6) is 0.268. The van der Waals surface area contributed by atoms with E-state index in [2.05, 4.69) is 21.0 Å². The smallest absolute Gasteiger partial charge is 0.196 e. The van der Waals surface area contributed by atoms with Crippen LogP contribution in [-0.2, 0) is 14.2 Å². The highest BCUT2D eigenvalue weighted by Gasteiger charge is 2.41. The predicted molar refractivity (Wildman–Crippen MR) is 122 cm³/mol. The van der Waals surface area contributed by atoms with Crippen LogP contribution in [0.15, 0.2) is 34.9 Å². The number of aromatic nitrogens is 1. The highest BCUT2D eigenvalue weighted by Crippen LogP contribution is 2.47. The molecule has 8 heteroatoms. The SMILES string of the molecule is O=C1c2ccccc2-c2onc3c(N4CCC5(CC4)OCCO5)cc(N4CCOCC4)c1c23. The van der Waals surface area contributed by atoms with E-state index in [0.29, 0.717) is 43.3 Å². The largest absolute Gasteiger partial charge is 0.378 e. The first-order chi connectivity index (χ1) is 16.2. The van der Waals surface area contributed by atoms with Gasteiger partial charge in [0.2, 0.25) is 0 Å². The average Bonchev–Trinajstić information content (AvgIpc) is 3.51. The molecule has 2 aromatic carbocycles. The third kappa shape index (κ3) is 2.87. The van der Waals surface area contributed by atoms with E-state index in [9.17, 15) is 4.79 Å². The number of piperidine rings is 1. The maximum Gasteiger partial charge on any atom is 0.196 e. The van der Waals surface area contributed by atoms with Crippen LogP contribution in [0, 0.1) is 0 Å². The maximum atomic E-state index is 13.7. The topological polar surface area (TPSA) is 77.3 Å². The van der Waals surface area contributed by atoms with Crippen LogP contribution in [0.1, 0.15) is 28.8 Å². The van der Waals surface area contributed by atoms with E-state index in [-0.39, 0.29) is 5.78 Å². The summed E-state index contributed by atoms with van der Waals surface area (Å²) in [6.07, 6.45) is 1.60. The second kappa shape index (κ2) is 7.28. The molecular weight excluding hydrogens is 422 g/mol. The number of ketones is 1. The van der Waals surface area contributed by atoms with Gasteiger partial charge in [0.05, 0.1) is 48.8 Å². The fourth-order valence-electron chi connectivity index (χ4n) is 5.69. The lowest BCUT2D eigenvalue weighted by Gasteiger charge is -2.39. The van der Waals surface area contributed by atoms with Crippen molar-refractivity contribution in [3.05, 3.63) is 41.5 Å². The van der Waals surface area contributed by atoms with Gasteiger partial charge in [0.15, 0.2) is 17.3 Å². The summed E-state index contributed by atoms with van der Waals surface area (Å²) in [6.45, 7) is 5.70. The number of carbonyl (C=O) groups is 1. The molecule has 8 nitrogen and oxygen atoms in total. The molecule has 3 aliphatic heterocycles. The molecule has 0 unspecified atom stereocenters. The van der Waals surface area contributed by atoms with Gasteiger partial charge >= 0.3 is 0 Å². The molecule has 1 spiro atoms. The maximum absolute atomic E-state index is 13.7. The van der Waals surface area contributed by atoms with Crippen LogP contribution in [-0.4, -0.2) is 69.3 Å². The highest BCUT2D eigenvalue weighted by molar-refractivity contribution is 6.28. The van der Waals surface area contributed by atoms with Crippen LogP contribution in [0.25, 0.3) is 22.2 Å². The molecule has 1 aliphatic carbocycles. The molecule has 3 fully saturated rings. The molecule has 0 amide bonds. The minimum Gasteiger partial charge on any atom is -0.378 e. The van der Waals surface area contributed by atoms with Gasteiger partial charge in [-0.3, -0.25) is 4.79 Å². The summed E-state index contributed by atoms with van der Waals surface area (Å²) in [6, 6.07) is 9.78. The Labute approximate surface area is 191 Å². The van der Waals surface area contributed by atoms with Gasteiger partial charge in [0.25, 0.3) is 0 Å². The zero-order valence-corrected chi connectivity index (χ0v) is 18.3. The first kappa shape index (κ1) is 19.5. The fraction of sp³-hybridized carbons (Fsp3) is 0.440. The van der Waals surface area contributed by atoms with Crippen molar-refractivity contribution in [2.75, 3.05) is 62.4 Å². The Morgan fingerprint density at radius 2 is 1.55 bits per heavy atom. The molecule has 170 valence electrons. The molecule has 0 atom stereocenters. The van der Waals surface area contributed by atoms with Crippen molar-refractivity contribution in [2.45, 2.75) is 18.6 Å². The lowest BCUT2D eigenvalue weighted by Crippen LogP contribution is -2.45. The standard InChI is InChI=1S/C25H25N3O5/c29-23-16-3-1-2-4-17(16)24-21-20(23)18(28-9-11-30-12-10-28)15-19(22(21)26-33-24)27-7-5-25(6-8-27)31-13-14-32-25/h1-4,15H,5-14H2. The van der Waals surface area contributed by atoms with Crippen molar-refractivity contribution >= 4 is 28.1 Å². The van der Waals surface area contributed by atoms with E-state index in [1.807, 2.05) is 24.3 Å². The number of hydrogen-bond donors (Lipinski definition) is 0. The van der Waals surface area contributed by atoms with Crippen molar-refractivity contribution in [1.82, 2.24) is 5.16 Å².